The molecule has 0 N–H and O–H groups in total. The van der Waals surface area contributed by atoms with E-state index in [4.69, 9.17) is 9.72 Å². The summed E-state index contributed by atoms with van der Waals surface area (Å²) in [6.45, 7) is 6.66. The van der Waals surface area contributed by atoms with E-state index in [1.165, 1.54) is 28.0 Å². The van der Waals surface area contributed by atoms with Crippen molar-refractivity contribution in [2.24, 2.45) is 5.92 Å². The van der Waals surface area contributed by atoms with Gasteiger partial charge in [-0.05, 0) is 91.8 Å². The second-order valence-electron chi connectivity index (χ2n) is 13.7. The first-order valence-electron chi connectivity index (χ1n) is 16.6. The molecule has 3 saturated heterocycles. The molecule has 3 atom stereocenters. The van der Waals surface area contributed by atoms with Gasteiger partial charge in [-0.25, -0.2) is 9.37 Å². The SMILES string of the molecule is C=C(F)C(=O)N1CCN(c2c(C#N)c(OCC34CCCN3CCC4)nc3cc(-c4cccc5c4C4CC4C5)ccc23)C[C@@H]1CC#N. The number of benzene rings is 2. The second kappa shape index (κ2) is 11.1. The molecule has 1 saturated carbocycles. The third-order valence-electron chi connectivity index (χ3n) is 11.2. The van der Waals surface area contributed by atoms with Gasteiger partial charge in [-0.3, -0.25) is 9.69 Å². The monoisotopic (exact) mass is 616 g/mol. The highest BCUT2D eigenvalue weighted by molar-refractivity contribution is 5.98. The predicted molar refractivity (Wildman–Crippen MR) is 173 cm³/mol. The average Bonchev–Trinajstić information content (AvgIpc) is 3.35. The van der Waals surface area contributed by atoms with Gasteiger partial charge in [-0.1, -0.05) is 36.9 Å². The van der Waals surface area contributed by atoms with E-state index in [1.807, 2.05) is 11.0 Å². The van der Waals surface area contributed by atoms with Crippen LogP contribution in [0.1, 0.15) is 61.1 Å². The molecule has 0 spiro atoms. The Morgan fingerprint density at radius 2 is 1.96 bits per heavy atom. The number of halogens is 1. The molecule has 5 aliphatic rings. The summed E-state index contributed by atoms with van der Waals surface area (Å²) in [6, 6.07) is 16.9. The van der Waals surface area contributed by atoms with Crippen molar-refractivity contribution in [3.63, 3.8) is 0 Å². The van der Waals surface area contributed by atoms with E-state index in [2.05, 4.69) is 53.9 Å². The van der Waals surface area contributed by atoms with Crippen molar-refractivity contribution in [2.75, 3.05) is 44.2 Å². The molecule has 1 aromatic heterocycles. The Labute approximate surface area is 268 Å². The number of anilines is 1. The summed E-state index contributed by atoms with van der Waals surface area (Å²) in [5, 5.41) is 21.0. The van der Waals surface area contributed by atoms with Crippen molar-refractivity contribution in [3.05, 3.63) is 65.5 Å². The fraction of sp³-hybridized carbons (Fsp3) is 0.459. The van der Waals surface area contributed by atoms with Crippen LogP contribution in [0.25, 0.3) is 22.0 Å². The highest BCUT2D eigenvalue weighted by atomic mass is 19.1. The first kappa shape index (κ1) is 29.0. The van der Waals surface area contributed by atoms with E-state index in [1.54, 1.807) is 0 Å². The van der Waals surface area contributed by atoms with Gasteiger partial charge in [-0.2, -0.15) is 10.5 Å². The minimum absolute atomic E-state index is 0.0184. The van der Waals surface area contributed by atoms with E-state index in [0.717, 1.165) is 67.6 Å². The van der Waals surface area contributed by atoms with Crippen LogP contribution >= 0.6 is 0 Å². The predicted octanol–water partition coefficient (Wildman–Crippen LogP) is 5.85. The lowest BCUT2D eigenvalue weighted by Gasteiger charge is -2.42. The molecule has 3 aliphatic heterocycles. The molecule has 1 amide bonds. The molecule has 2 unspecified atom stereocenters. The summed E-state index contributed by atoms with van der Waals surface area (Å²) < 4.78 is 20.5. The Bertz CT molecular complexity index is 1850. The normalized spacial score (nSPS) is 24.2. The topological polar surface area (TPSA) is 96.5 Å². The van der Waals surface area contributed by atoms with Crippen molar-refractivity contribution in [1.29, 1.82) is 10.5 Å². The summed E-state index contributed by atoms with van der Waals surface area (Å²) >= 11 is 0. The Balaban J connectivity index is 1.23. The number of hydrogen-bond donors (Lipinski definition) is 0. The van der Waals surface area contributed by atoms with Crippen molar-refractivity contribution in [3.8, 4) is 29.1 Å². The van der Waals surface area contributed by atoms with E-state index >= 15 is 0 Å². The quantitative estimate of drug-likeness (QED) is 0.307. The maximum atomic E-state index is 13.9. The number of piperazine rings is 1. The summed E-state index contributed by atoms with van der Waals surface area (Å²) in [5.74, 6) is -0.0982. The highest BCUT2D eigenvalue weighted by Crippen LogP contribution is 2.58. The number of rotatable bonds is 7. The van der Waals surface area contributed by atoms with Crippen LogP contribution in [-0.2, 0) is 11.2 Å². The zero-order valence-corrected chi connectivity index (χ0v) is 26.0. The first-order valence-corrected chi connectivity index (χ1v) is 16.6. The summed E-state index contributed by atoms with van der Waals surface area (Å²) in [6.07, 6.45) is 6.89. The van der Waals surface area contributed by atoms with E-state index < -0.39 is 17.8 Å². The number of nitriles is 2. The lowest BCUT2D eigenvalue weighted by atomic mass is 9.93. The van der Waals surface area contributed by atoms with Crippen LogP contribution in [0.15, 0.2) is 48.8 Å². The van der Waals surface area contributed by atoms with E-state index in [0.29, 0.717) is 36.2 Å². The Hall–Kier alpha value is -4.47. The zero-order chi connectivity index (χ0) is 31.6. The number of nitrogens with zero attached hydrogens (tertiary/aromatic N) is 6. The Kier molecular flexibility index (Phi) is 6.99. The molecule has 3 aromatic rings. The Morgan fingerprint density at radius 3 is 2.72 bits per heavy atom. The van der Waals surface area contributed by atoms with Gasteiger partial charge in [0.05, 0.1) is 35.3 Å². The number of aromatic nitrogens is 1. The van der Waals surface area contributed by atoms with Crippen LogP contribution < -0.4 is 9.64 Å². The van der Waals surface area contributed by atoms with Gasteiger partial charge < -0.3 is 14.5 Å². The number of ether oxygens (including phenoxy) is 1. The zero-order valence-electron chi connectivity index (χ0n) is 26.0. The van der Waals surface area contributed by atoms with Crippen molar-refractivity contribution < 1.29 is 13.9 Å². The molecule has 0 radical (unpaired) electrons. The smallest absolute Gasteiger partial charge is 0.282 e. The van der Waals surface area contributed by atoms with Crippen molar-refractivity contribution in [1.82, 2.24) is 14.8 Å². The standard InChI is InChI=1S/C37H37FN6O2/c1-23(38)36(45)44-16-15-42(21-27(44)9-12-39)34-29-8-7-24(28-6-2-5-25-17-26-18-30(26)33(25)28)19-32(29)41-35(31(34)20-40)46-22-37-10-3-13-43(37)14-4-11-37/h2,5-8,19,26-27,30H,1,3-4,9-11,13-18,21-22H2/t26?,27-,30?/m0/s1. The van der Waals surface area contributed by atoms with Crippen LogP contribution in [0, 0.1) is 28.6 Å². The van der Waals surface area contributed by atoms with Gasteiger partial charge in [-0.15, -0.1) is 0 Å². The molecule has 4 heterocycles. The van der Waals surface area contributed by atoms with Gasteiger partial charge >= 0.3 is 0 Å². The van der Waals surface area contributed by atoms with Gasteiger partial charge in [0.25, 0.3) is 5.91 Å². The lowest BCUT2D eigenvalue weighted by molar-refractivity contribution is -0.131. The molecule has 2 aromatic carbocycles. The number of hydrogen-bond acceptors (Lipinski definition) is 7. The molecule has 9 heteroatoms. The van der Waals surface area contributed by atoms with Crippen LogP contribution in [0.4, 0.5) is 10.1 Å². The fourth-order valence-electron chi connectivity index (χ4n) is 8.94. The van der Waals surface area contributed by atoms with E-state index in [-0.39, 0.29) is 25.0 Å². The summed E-state index contributed by atoms with van der Waals surface area (Å²) in [7, 11) is 0. The summed E-state index contributed by atoms with van der Waals surface area (Å²) in [5.41, 5.74) is 7.02. The maximum absolute atomic E-state index is 13.9. The number of pyridine rings is 1. The molecule has 8 rings (SSSR count). The molecule has 234 valence electrons. The van der Waals surface area contributed by atoms with Crippen molar-refractivity contribution in [2.45, 2.75) is 62.4 Å². The largest absolute Gasteiger partial charge is 0.475 e. The first-order chi connectivity index (χ1) is 22.4. The Morgan fingerprint density at radius 1 is 1.13 bits per heavy atom. The third-order valence-corrected chi connectivity index (χ3v) is 11.2. The van der Waals surface area contributed by atoms with Gasteiger partial charge in [0, 0.05) is 25.0 Å². The third kappa shape index (κ3) is 4.63. The van der Waals surface area contributed by atoms with Crippen molar-refractivity contribution >= 4 is 22.5 Å². The minimum Gasteiger partial charge on any atom is -0.475 e. The van der Waals surface area contributed by atoms with Gasteiger partial charge in [0.2, 0.25) is 5.88 Å². The number of carbonyl (C=O) groups excluding carboxylic acids is 1. The van der Waals surface area contributed by atoms with Gasteiger partial charge in [0.15, 0.2) is 5.83 Å². The van der Waals surface area contributed by atoms with Crippen LogP contribution in [0.3, 0.4) is 0 Å². The molecule has 8 nitrogen and oxygen atoms in total. The molecular formula is C37H37FN6O2. The average molecular weight is 617 g/mol. The molecular weight excluding hydrogens is 579 g/mol. The number of fused-ring (bicyclic) bond motifs is 5. The second-order valence-corrected chi connectivity index (χ2v) is 13.7. The van der Waals surface area contributed by atoms with Crippen LogP contribution in [0.5, 0.6) is 5.88 Å². The maximum Gasteiger partial charge on any atom is 0.282 e. The molecule has 0 bridgehead atoms. The van der Waals surface area contributed by atoms with Crippen LogP contribution in [-0.4, -0.2) is 71.6 Å². The number of carbonyl (C=O) groups is 1. The van der Waals surface area contributed by atoms with Gasteiger partial charge in [0.1, 0.15) is 18.2 Å². The summed E-state index contributed by atoms with van der Waals surface area (Å²) in [4.78, 5) is 23.6. The molecule has 46 heavy (non-hydrogen) atoms. The molecule has 4 fully saturated rings. The van der Waals surface area contributed by atoms with E-state index in [9.17, 15) is 19.7 Å². The number of amides is 1. The molecule has 2 aliphatic carbocycles. The minimum atomic E-state index is -1.04. The van der Waals surface area contributed by atoms with Crippen LogP contribution in [0.2, 0.25) is 0 Å². The fourth-order valence-corrected chi connectivity index (χ4v) is 8.94. The lowest BCUT2D eigenvalue weighted by Crippen LogP contribution is -2.55. The highest BCUT2D eigenvalue weighted by Gasteiger charge is 2.47.